The Morgan fingerprint density at radius 1 is 1.47 bits per heavy atom. The minimum Gasteiger partial charge on any atom is -0.478 e. The zero-order valence-corrected chi connectivity index (χ0v) is 10.6. The van der Waals surface area contributed by atoms with Gasteiger partial charge in [-0.2, -0.15) is 0 Å². The lowest BCUT2D eigenvalue weighted by Gasteiger charge is -2.30. The highest BCUT2D eigenvalue weighted by Crippen LogP contribution is 2.26. The van der Waals surface area contributed by atoms with Gasteiger partial charge in [0.15, 0.2) is 0 Å². The van der Waals surface area contributed by atoms with Gasteiger partial charge in [0.25, 0.3) is 0 Å². The van der Waals surface area contributed by atoms with Gasteiger partial charge in [0.2, 0.25) is 0 Å². The zero-order chi connectivity index (χ0) is 13.0. The molecule has 1 unspecified atom stereocenters. The van der Waals surface area contributed by atoms with E-state index in [0.29, 0.717) is 23.0 Å². The molecular formula is C13H20N2O2. The van der Waals surface area contributed by atoms with Crippen molar-refractivity contribution in [2.75, 3.05) is 17.2 Å². The zero-order valence-electron chi connectivity index (χ0n) is 10.6. The fourth-order valence-corrected chi connectivity index (χ4v) is 1.91. The van der Waals surface area contributed by atoms with Crippen molar-refractivity contribution < 1.29 is 9.90 Å². The molecule has 4 heteroatoms. The molecule has 0 aromatic heterocycles. The van der Waals surface area contributed by atoms with E-state index in [1.807, 2.05) is 6.92 Å². The third kappa shape index (κ3) is 2.90. The summed E-state index contributed by atoms with van der Waals surface area (Å²) in [4.78, 5) is 13.3. The molecule has 17 heavy (non-hydrogen) atoms. The van der Waals surface area contributed by atoms with Gasteiger partial charge in [-0.25, -0.2) is 4.79 Å². The summed E-state index contributed by atoms with van der Waals surface area (Å²) < 4.78 is 0. The van der Waals surface area contributed by atoms with Crippen LogP contribution in [0.5, 0.6) is 0 Å². The van der Waals surface area contributed by atoms with Crippen LogP contribution < -0.4 is 10.6 Å². The number of hydrogen-bond acceptors (Lipinski definition) is 3. The fourth-order valence-electron chi connectivity index (χ4n) is 1.91. The van der Waals surface area contributed by atoms with Gasteiger partial charge in [0, 0.05) is 18.3 Å². The Kier molecular flexibility index (Phi) is 4.37. The predicted molar refractivity (Wildman–Crippen MR) is 70.6 cm³/mol. The van der Waals surface area contributed by atoms with Crippen LogP contribution in [0.1, 0.15) is 37.6 Å². The summed E-state index contributed by atoms with van der Waals surface area (Å²) in [5.74, 6) is -0.915. The summed E-state index contributed by atoms with van der Waals surface area (Å²) in [6.45, 7) is 6.94. The van der Waals surface area contributed by atoms with Crippen LogP contribution >= 0.6 is 0 Å². The van der Waals surface area contributed by atoms with E-state index < -0.39 is 5.97 Å². The maximum Gasteiger partial charge on any atom is 0.337 e. The second-order valence-corrected chi connectivity index (χ2v) is 4.13. The minimum atomic E-state index is -0.915. The lowest BCUT2D eigenvalue weighted by atomic mass is 10.1. The molecule has 0 heterocycles. The molecule has 0 bridgehead atoms. The van der Waals surface area contributed by atoms with E-state index >= 15 is 0 Å². The largest absolute Gasteiger partial charge is 0.478 e. The summed E-state index contributed by atoms with van der Waals surface area (Å²) in [5.41, 5.74) is 7.34. The monoisotopic (exact) mass is 236 g/mol. The standard InChI is InChI=1S/C13H20N2O2/c1-4-9(3)15(5-2)12-8-10(14)6-7-11(12)13(16)17/h6-9H,4-5,14H2,1-3H3,(H,16,17). The van der Waals surface area contributed by atoms with Crippen molar-refractivity contribution in [1.82, 2.24) is 0 Å². The Balaban J connectivity index is 3.25. The van der Waals surface area contributed by atoms with Crippen molar-refractivity contribution in [3.05, 3.63) is 23.8 Å². The van der Waals surface area contributed by atoms with Crippen molar-refractivity contribution >= 4 is 17.3 Å². The van der Waals surface area contributed by atoms with Crippen LogP contribution in [-0.2, 0) is 0 Å². The molecule has 1 rings (SSSR count). The van der Waals surface area contributed by atoms with Crippen molar-refractivity contribution in [2.45, 2.75) is 33.2 Å². The van der Waals surface area contributed by atoms with Crippen LogP contribution in [0.25, 0.3) is 0 Å². The first-order valence-corrected chi connectivity index (χ1v) is 5.90. The molecule has 1 atom stereocenters. The summed E-state index contributed by atoms with van der Waals surface area (Å²) >= 11 is 0. The number of rotatable bonds is 5. The van der Waals surface area contributed by atoms with Crippen LogP contribution in [-0.4, -0.2) is 23.7 Å². The van der Waals surface area contributed by atoms with Crippen molar-refractivity contribution in [3.63, 3.8) is 0 Å². The van der Waals surface area contributed by atoms with Gasteiger partial charge in [-0.1, -0.05) is 6.92 Å². The minimum absolute atomic E-state index is 0.292. The Morgan fingerprint density at radius 3 is 2.59 bits per heavy atom. The van der Waals surface area contributed by atoms with Gasteiger partial charge in [-0.15, -0.1) is 0 Å². The van der Waals surface area contributed by atoms with E-state index in [9.17, 15) is 9.90 Å². The summed E-state index contributed by atoms with van der Waals surface area (Å²) in [5, 5.41) is 9.19. The number of anilines is 2. The van der Waals surface area contributed by atoms with Crippen molar-refractivity contribution in [3.8, 4) is 0 Å². The molecular weight excluding hydrogens is 216 g/mol. The number of carboxylic acid groups (broad SMARTS) is 1. The number of hydrogen-bond donors (Lipinski definition) is 2. The van der Waals surface area contributed by atoms with E-state index in [4.69, 9.17) is 5.73 Å². The van der Waals surface area contributed by atoms with Gasteiger partial charge < -0.3 is 15.7 Å². The number of nitrogen functional groups attached to an aromatic ring is 1. The lowest BCUT2D eigenvalue weighted by molar-refractivity contribution is 0.0697. The molecule has 3 N–H and O–H groups in total. The Hall–Kier alpha value is -1.71. The van der Waals surface area contributed by atoms with Gasteiger partial charge in [0.05, 0.1) is 11.3 Å². The average Bonchev–Trinajstić information content (AvgIpc) is 2.29. The maximum absolute atomic E-state index is 11.2. The first-order chi connectivity index (χ1) is 8.01. The highest BCUT2D eigenvalue weighted by atomic mass is 16.4. The quantitative estimate of drug-likeness (QED) is 0.771. The van der Waals surface area contributed by atoms with Crippen LogP contribution in [0.3, 0.4) is 0 Å². The van der Waals surface area contributed by atoms with E-state index in [1.54, 1.807) is 18.2 Å². The van der Waals surface area contributed by atoms with Crippen LogP contribution in [0.4, 0.5) is 11.4 Å². The second kappa shape index (κ2) is 5.57. The molecule has 0 aliphatic heterocycles. The Bertz CT molecular complexity index is 404. The molecule has 1 aromatic carbocycles. The van der Waals surface area contributed by atoms with Crippen molar-refractivity contribution in [1.29, 1.82) is 0 Å². The number of nitrogens with two attached hydrogens (primary N) is 1. The fraction of sp³-hybridized carbons (Fsp3) is 0.462. The molecule has 0 spiro atoms. The first kappa shape index (κ1) is 13.4. The second-order valence-electron chi connectivity index (χ2n) is 4.13. The van der Waals surface area contributed by atoms with Crippen LogP contribution in [0, 0.1) is 0 Å². The summed E-state index contributed by atoms with van der Waals surface area (Å²) in [7, 11) is 0. The van der Waals surface area contributed by atoms with Gasteiger partial charge in [-0.3, -0.25) is 0 Å². The van der Waals surface area contributed by atoms with Gasteiger partial charge >= 0.3 is 5.97 Å². The SMILES string of the molecule is CCC(C)N(CC)c1cc(N)ccc1C(=O)O. The predicted octanol–water partition coefficient (Wildman–Crippen LogP) is 2.59. The third-order valence-electron chi connectivity index (χ3n) is 3.03. The molecule has 0 aliphatic rings. The topological polar surface area (TPSA) is 66.6 Å². The molecule has 0 saturated carbocycles. The number of carbonyl (C=O) groups is 1. The molecule has 4 nitrogen and oxygen atoms in total. The summed E-state index contributed by atoms with van der Waals surface area (Å²) in [6.07, 6.45) is 0.960. The van der Waals surface area contributed by atoms with E-state index in [2.05, 4.69) is 18.7 Å². The van der Waals surface area contributed by atoms with Gasteiger partial charge in [0.1, 0.15) is 0 Å². The highest BCUT2D eigenvalue weighted by Gasteiger charge is 2.18. The molecule has 0 aliphatic carbocycles. The Labute approximate surface area is 102 Å². The number of aromatic carboxylic acids is 1. The number of carboxylic acids is 1. The molecule has 1 aromatic rings. The van der Waals surface area contributed by atoms with E-state index in [1.165, 1.54) is 0 Å². The highest BCUT2D eigenvalue weighted by molar-refractivity contribution is 5.95. The van der Waals surface area contributed by atoms with Crippen molar-refractivity contribution in [2.24, 2.45) is 0 Å². The normalized spacial score (nSPS) is 12.2. The third-order valence-corrected chi connectivity index (χ3v) is 3.03. The number of nitrogens with zero attached hydrogens (tertiary/aromatic N) is 1. The molecule has 0 radical (unpaired) electrons. The Morgan fingerprint density at radius 2 is 2.12 bits per heavy atom. The maximum atomic E-state index is 11.2. The first-order valence-electron chi connectivity index (χ1n) is 5.90. The number of benzene rings is 1. The lowest BCUT2D eigenvalue weighted by Crippen LogP contribution is -2.33. The molecule has 94 valence electrons. The smallest absolute Gasteiger partial charge is 0.337 e. The molecule has 0 saturated heterocycles. The molecule has 0 fully saturated rings. The van der Waals surface area contributed by atoms with E-state index in [0.717, 1.165) is 13.0 Å². The van der Waals surface area contributed by atoms with Gasteiger partial charge in [-0.05, 0) is 38.5 Å². The van der Waals surface area contributed by atoms with E-state index in [-0.39, 0.29) is 0 Å². The van der Waals surface area contributed by atoms with Crippen LogP contribution in [0.2, 0.25) is 0 Å². The average molecular weight is 236 g/mol. The summed E-state index contributed by atoms with van der Waals surface area (Å²) in [6, 6.07) is 5.22. The molecule has 0 amide bonds. The van der Waals surface area contributed by atoms with Crippen LogP contribution in [0.15, 0.2) is 18.2 Å².